The molecule has 0 aliphatic heterocycles. The van der Waals surface area contributed by atoms with Gasteiger partial charge in [-0.25, -0.2) is 0 Å². The van der Waals surface area contributed by atoms with E-state index in [4.69, 9.17) is 9.47 Å². The Labute approximate surface area is 103 Å². The molecule has 0 fully saturated rings. The van der Waals surface area contributed by atoms with Gasteiger partial charge in [-0.15, -0.1) is 0 Å². The molecule has 17 heavy (non-hydrogen) atoms. The lowest BCUT2D eigenvalue weighted by Gasteiger charge is -2.09. The van der Waals surface area contributed by atoms with E-state index in [1.807, 2.05) is 0 Å². The van der Waals surface area contributed by atoms with Crippen molar-refractivity contribution in [2.45, 2.75) is 39.5 Å². The smallest absolute Gasteiger partial charge is 0.186 e. The number of unbranched alkanes of at least 4 members (excludes halogenated alkanes) is 2. The third-order valence-corrected chi connectivity index (χ3v) is 2.39. The van der Waals surface area contributed by atoms with E-state index < -0.39 is 0 Å². The second kappa shape index (κ2) is 7.82. The number of rotatable bonds is 8. The van der Waals surface area contributed by atoms with Gasteiger partial charge in [0.2, 0.25) is 0 Å². The summed E-state index contributed by atoms with van der Waals surface area (Å²) in [6, 6.07) is 4.79. The Morgan fingerprint density at radius 2 is 1.35 bits per heavy atom. The molecule has 0 aromatic heterocycles. The molecule has 0 amide bonds. The van der Waals surface area contributed by atoms with E-state index in [0.717, 1.165) is 25.7 Å². The average molecular weight is 237 g/mol. The second-order valence-electron chi connectivity index (χ2n) is 4.04. The molecule has 3 nitrogen and oxygen atoms in total. The first-order valence-corrected chi connectivity index (χ1v) is 6.34. The summed E-state index contributed by atoms with van der Waals surface area (Å²) < 4.78 is 11.0. The van der Waals surface area contributed by atoms with E-state index in [1.165, 1.54) is 12.1 Å². The van der Waals surface area contributed by atoms with Crippen LogP contribution in [0.3, 0.4) is 0 Å². The largest absolute Gasteiger partial charge is 0.493 e. The molecule has 0 atom stereocenters. The number of hydrogen-bond acceptors (Lipinski definition) is 2. The first kappa shape index (κ1) is 13.7. The van der Waals surface area contributed by atoms with E-state index in [-0.39, 0.29) is 5.75 Å². The lowest BCUT2D eigenvalue weighted by Crippen LogP contribution is -1.99. The summed E-state index contributed by atoms with van der Waals surface area (Å²) >= 11 is 0. The van der Waals surface area contributed by atoms with Gasteiger partial charge in [0.25, 0.3) is 0 Å². The Hall–Kier alpha value is -1.38. The van der Waals surface area contributed by atoms with Gasteiger partial charge in [-0.2, -0.15) is 0 Å². The van der Waals surface area contributed by atoms with Gasteiger partial charge in [-0.3, -0.25) is 5.11 Å². The summed E-state index contributed by atoms with van der Waals surface area (Å²) in [4.78, 5) is 0. The Morgan fingerprint density at radius 1 is 0.882 bits per heavy atom. The standard InChI is InChI=1S/C14H21O3/c1-3-5-7-16-13-9-12(15)10-14(11-13)17-8-6-4-2/h9-11H,3-8H2,1-2H3. The van der Waals surface area contributed by atoms with Crippen molar-refractivity contribution in [2.75, 3.05) is 13.2 Å². The summed E-state index contributed by atoms with van der Waals surface area (Å²) in [6.07, 6.45) is 4.15. The van der Waals surface area contributed by atoms with Crippen molar-refractivity contribution >= 4 is 0 Å². The van der Waals surface area contributed by atoms with Crippen molar-refractivity contribution in [1.82, 2.24) is 0 Å². The van der Waals surface area contributed by atoms with E-state index in [2.05, 4.69) is 13.8 Å². The van der Waals surface area contributed by atoms with Crippen molar-refractivity contribution in [3.63, 3.8) is 0 Å². The predicted molar refractivity (Wildman–Crippen MR) is 67.4 cm³/mol. The molecule has 0 N–H and O–H groups in total. The van der Waals surface area contributed by atoms with Crippen LogP contribution in [-0.4, -0.2) is 13.2 Å². The Bertz CT molecular complexity index is 295. The van der Waals surface area contributed by atoms with Crippen LogP contribution in [0.15, 0.2) is 18.2 Å². The molecular weight excluding hydrogens is 216 g/mol. The maximum Gasteiger partial charge on any atom is 0.186 e. The van der Waals surface area contributed by atoms with Crippen LogP contribution in [0, 0.1) is 0 Å². The zero-order valence-corrected chi connectivity index (χ0v) is 10.7. The van der Waals surface area contributed by atoms with Crippen LogP contribution in [0.4, 0.5) is 0 Å². The van der Waals surface area contributed by atoms with Crippen LogP contribution < -0.4 is 9.47 Å². The molecule has 1 radical (unpaired) electrons. The highest BCUT2D eigenvalue weighted by Gasteiger charge is 2.03. The maximum absolute atomic E-state index is 11.4. The van der Waals surface area contributed by atoms with Crippen molar-refractivity contribution in [3.8, 4) is 17.2 Å². The van der Waals surface area contributed by atoms with Crippen molar-refractivity contribution in [1.29, 1.82) is 0 Å². The third-order valence-electron chi connectivity index (χ3n) is 2.39. The highest BCUT2D eigenvalue weighted by atomic mass is 16.5. The molecule has 0 aliphatic rings. The molecule has 1 aromatic rings. The molecule has 0 bridgehead atoms. The SMILES string of the molecule is CCCCOc1cc([O])cc(OCCCC)c1. The lowest BCUT2D eigenvalue weighted by molar-refractivity contribution is 0.286. The Kier molecular flexibility index (Phi) is 6.30. The fraction of sp³-hybridized carbons (Fsp3) is 0.571. The van der Waals surface area contributed by atoms with Gasteiger partial charge in [0.1, 0.15) is 11.5 Å². The molecule has 0 saturated heterocycles. The van der Waals surface area contributed by atoms with Crippen molar-refractivity contribution in [2.24, 2.45) is 0 Å². The molecule has 95 valence electrons. The molecule has 0 unspecified atom stereocenters. The van der Waals surface area contributed by atoms with Crippen LogP contribution in [0.5, 0.6) is 17.2 Å². The fourth-order valence-electron chi connectivity index (χ4n) is 1.38. The predicted octanol–water partition coefficient (Wildman–Crippen LogP) is 4.19. The van der Waals surface area contributed by atoms with Crippen molar-refractivity contribution in [3.05, 3.63) is 18.2 Å². The molecule has 0 saturated carbocycles. The lowest BCUT2D eigenvalue weighted by atomic mass is 10.3. The zero-order chi connectivity index (χ0) is 12.5. The van der Waals surface area contributed by atoms with Gasteiger partial charge in [-0.05, 0) is 12.8 Å². The Balaban J connectivity index is 2.53. The molecule has 0 aliphatic carbocycles. The quantitative estimate of drug-likeness (QED) is 0.636. The second-order valence-corrected chi connectivity index (χ2v) is 4.04. The fourth-order valence-corrected chi connectivity index (χ4v) is 1.38. The number of ether oxygens (including phenoxy) is 2. The molecule has 3 heteroatoms. The van der Waals surface area contributed by atoms with E-state index in [9.17, 15) is 5.11 Å². The van der Waals surface area contributed by atoms with E-state index >= 15 is 0 Å². The van der Waals surface area contributed by atoms with Crippen LogP contribution >= 0.6 is 0 Å². The molecule has 1 aromatic carbocycles. The number of benzene rings is 1. The first-order chi connectivity index (χ1) is 8.26. The molecule has 1 rings (SSSR count). The van der Waals surface area contributed by atoms with Crippen LogP contribution in [0.2, 0.25) is 0 Å². The van der Waals surface area contributed by atoms with Gasteiger partial charge in [0, 0.05) is 18.2 Å². The zero-order valence-electron chi connectivity index (χ0n) is 10.7. The average Bonchev–Trinajstić information content (AvgIpc) is 2.29. The van der Waals surface area contributed by atoms with Crippen LogP contribution in [-0.2, 0) is 5.11 Å². The normalized spacial score (nSPS) is 10.2. The Morgan fingerprint density at radius 3 is 1.76 bits per heavy atom. The summed E-state index contributed by atoms with van der Waals surface area (Å²) in [6.45, 7) is 5.50. The van der Waals surface area contributed by atoms with Crippen molar-refractivity contribution < 1.29 is 14.6 Å². The van der Waals surface area contributed by atoms with Crippen LogP contribution in [0.25, 0.3) is 0 Å². The van der Waals surface area contributed by atoms with Gasteiger partial charge in [0.15, 0.2) is 5.75 Å². The monoisotopic (exact) mass is 237 g/mol. The highest BCUT2D eigenvalue weighted by Crippen LogP contribution is 2.27. The van der Waals surface area contributed by atoms with Gasteiger partial charge < -0.3 is 9.47 Å². The minimum Gasteiger partial charge on any atom is -0.493 e. The van der Waals surface area contributed by atoms with Crippen LogP contribution in [0.1, 0.15) is 39.5 Å². The maximum atomic E-state index is 11.4. The minimum atomic E-state index is -0.0644. The summed E-state index contributed by atoms with van der Waals surface area (Å²) in [5.41, 5.74) is 0. The van der Waals surface area contributed by atoms with E-state index in [1.54, 1.807) is 6.07 Å². The highest BCUT2D eigenvalue weighted by molar-refractivity contribution is 5.41. The summed E-state index contributed by atoms with van der Waals surface area (Å²) in [5, 5.41) is 11.4. The summed E-state index contributed by atoms with van der Waals surface area (Å²) in [7, 11) is 0. The van der Waals surface area contributed by atoms with Gasteiger partial charge >= 0.3 is 0 Å². The molecule has 0 heterocycles. The van der Waals surface area contributed by atoms with E-state index in [0.29, 0.717) is 24.7 Å². The number of hydrogen-bond donors (Lipinski definition) is 0. The minimum absolute atomic E-state index is 0.0644. The first-order valence-electron chi connectivity index (χ1n) is 6.34. The third kappa shape index (κ3) is 5.48. The molecular formula is C14H21O3. The van der Waals surface area contributed by atoms with Gasteiger partial charge in [0.05, 0.1) is 13.2 Å². The summed E-state index contributed by atoms with van der Waals surface area (Å²) in [5.74, 6) is 1.15. The van der Waals surface area contributed by atoms with Gasteiger partial charge in [-0.1, -0.05) is 26.7 Å². The topological polar surface area (TPSA) is 38.4 Å². The molecule has 0 spiro atoms.